The average molecular weight is 322 g/mol. The second-order valence-corrected chi connectivity index (χ2v) is 4.66. The quantitative estimate of drug-likeness (QED) is 0.852. The van der Waals surface area contributed by atoms with Gasteiger partial charge in [-0.3, -0.25) is 4.79 Å². The summed E-state index contributed by atoms with van der Waals surface area (Å²) in [5.41, 5.74) is 7.20. The minimum absolute atomic E-state index is 0.274. The minimum Gasteiger partial charge on any atom is -0.480 e. The van der Waals surface area contributed by atoms with E-state index in [0.717, 1.165) is 4.47 Å². The molecule has 1 aromatic carbocycles. The van der Waals surface area contributed by atoms with Gasteiger partial charge in [-0.15, -0.1) is 0 Å². The fourth-order valence-corrected chi connectivity index (χ4v) is 1.94. The number of aromatic nitrogens is 1. The van der Waals surface area contributed by atoms with Crippen molar-refractivity contribution in [3.63, 3.8) is 0 Å². The molecule has 1 heterocycles. The molecule has 0 bridgehead atoms. The molecule has 0 unspecified atom stereocenters. The topological polar surface area (TPSA) is 77.2 Å². The number of pyridine rings is 1. The number of carbonyl (C=O) groups is 1. The molecular formula is C13H12BrN3O2. The number of hydrogen-bond donors (Lipinski definition) is 2. The van der Waals surface area contributed by atoms with Crippen molar-refractivity contribution in [3.8, 4) is 5.88 Å². The molecule has 6 heteroatoms. The number of nitrogen functional groups attached to an aromatic ring is 1. The van der Waals surface area contributed by atoms with Crippen LogP contribution >= 0.6 is 15.9 Å². The Balaban J connectivity index is 2.26. The number of nitrogens with one attached hydrogen (secondary N) is 1. The zero-order valence-corrected chi connectivity index (χ0v) is 11.8. The molecule has 3 N–H and O–H groups in total. The van der Waals surface area contributed by atoms with Gasteiger partial charge in [0.05, 0.1) is 18.5 Å². The maximum absolute atomic E-state index is 12.1. The van der Waals surface area contributed by atoms with Crippen LogP contribution in [0.5, 0.6) is 5.88 Å². The van der Waals surface area contributed by atoms with Crippen LogP contribution in [0, 0.1) is 0 Å². The summed E-state index contributed by atoms with van der Waals surface area (Å²) in [5.74, 6) is -0.0466. The molecule has 2 aromatic rings. The standard InChI is InChI=1S/C13H12BrN3O2/c1-19-13-9(3-2-6-16-13)12(18)17-11-5-4-8(14)7-10(11)15/h2-7H,15H2,1H3,(H,17,18). The van der Waals surface area contributed by atoms with Crippen molar-refractivity contribution in [3.05, 3.63) is 46.6 Å². The number of amides is 1. The van der Waals surface area contributed by atoms with Crippen LogP contribution in [0.3, 0.4) is 0 Å². The van der Waals surface area contributed by atoms with Gasteiger partial charge in [-0.2, -0.15) is 0 Å². The normalized spacial score (nSPS) is 10.0. The molecule has 0 saturated heterocycles. The third-order valence-electron chi connectivity index (χ3n) is 2.47. The Hall–Kier alpha value is -2.08. The van der Waals surface area contributed by atoms with Gasteiger partial charge in [0.25, 0.3) is 5.91 Å². The van der Waals surface area contributed by atoms with Crippen molar-refractivity contribution in [2.75, 3.05) is 18.2 Å². The van der Waals surface area contributed by atoms with Crippen LogP contribution < -0.4 is 15.8 Å². The first kappa shape index (κ1) is 13.4. The van der Waals surface area contributed by atoms with Crippen LogP contribution in [-0.4, -0.2) is 18.0 Å². The Morgan fingerprint density at radius 2 is 2.21 bits per heavy atom. The lowest BCUT2D eigenvalue weighted by Gasteiger charge is -2.10. The number of hydrogen-bond acceptors (Lipinski definition) is 4. The molecule has 0 fully saturated rings. The molecule has 98 valence electrons. The molecule has 1 amide bonds. The van der Waals surface area contributed by atoms with E-state index in [9.17, 15) is 4.79 Å². The third kappa shape index (κ3) is 3.03. The third-order valence-corrected chi connectivity index (χ3v) is 2.96. The molecule has 0 aliphatic heterocycles. The largest absolute Gasteiger partial charge is 0.480 e. The van der Waals surface area contributed by atoms with Crippen molar-refractivity contribution in [1.29, 1.82) is 0 Å². The molecule has 1 aromatic heterocycles. The Labute approximate surface area is 118 Å². The number of ether oxygens (including phenoxy) is 1. The SMILES string of the molecule is COc1ncccc1C(=O)Nc1ccc(Br)cc1N. The fourth-order valence-electron chi connectivity index (χ4n) is 1.56. The highest BCUT2D eigenvalue weighted by Gasteiger charge is 2.13. The van der Waals surface area contributed by atoms with E-state index in [1.54, 1.807) is 36.5 Å². The van der Waals surface area contributed by atoms with Crippen molar-refractivity contribution in [2.45, 2.75) is 0 Å². The van der Waals surface area contributed by atoms with Gasteiger partial charge in [0.1, 0.15) is 5.56 Å². The zero-order valence-electron chi connectivity index (χ0n) is 10.2. The molecule has 0 saturated carbocycles. The fraction of sp³-hybridized carbons (Fsp3) is 0.0769. The maximum atomic E-state index is 12.1. The number of halogens is 1. The summed E-state index contributed by atoms with van der Waals surface area (Å²) in [6, 6.07) is 8.54. The van der Waals surface area contributed by atoms with Crippen LogP contribution in [0.2, 0.25) is 0 Å². The number of anilines is 2. The van der Waals surface area contributed by atoms with E-state index < -0.39 is 0 Å². The van der Waals surface area contributed by atoms with E-state index in [-0.39, 0.29) is 11.8 Å². The van der Waals surface area contributed by atoms with Crippen LogP contribution in [0.15, 0.2) is 41.0 Å². The van der Waals surface area contributed by atoms with Crippen molar-refractivity contribution < 1.29 is 9.53 Å². The van der Waals surface area contributed by atoms with Gasteiger partial charge in [0.2, 0.25) is 5.88 Å². The van der Waals surface area contributed by atoms with Gasteiger partial charge >= 0.3 is 0 Å². The molecule has 5 nitrogen and oxygen atoms in total. The molecule has 0 atom stereocenters. The second kappa shape index (κ2) is 5.71. The first-order chi connectivity index (χ1) is 9.11. The average Bonchev–Trinajstić information content (AvgIpc) is 2.41. The number of carbonyl (C=O) groups excluding carboxylic acids is 1. The monoisotopic (exact) mass is 321 g/mol. The van der Waals surface area contributed by atoms with Crippen LogP contribution in [0.1, 0.15) is 10.4 Å². The summed E-state index contributed by atoms with van der Waals surface area (Å²) in [7, 11) is 1.47. The van der Waals surface area contributed by atoms with E-state index in [1.807, 2.05) is 0 Å². The predicted molar refractivity (Wildman–Crippen MR) is 77.3 cm³/mol. The van der Waals surface area contributed by atoms with Gasteiger partial charge in [0.15, 0.2) is 0 Å². The van der Waals surface area contributed by atoms with E-state index in [1.165, 1.54) is 7.11 Å². The molecule has 19 heavy (non-hydrogen) atoms. The van der Waals surface area contributed by atoms with Crippen LogP contribution in [0.25, 0.3) is 0 Å². The first-order valence-electron chi connectivity index (χ1n) is 5.47. The predicted octanol–water partition coefficient (Wildman–Crippen LogP) is 2.69. The highest BCUT2D eigenvalue weighted by molar-refractivity contribution is 9.10. The van der Waals surface area contributed by atoms with E-state index in [2.05, 4.69) is 26.2 Å². The number of rotatable bonds is 3. The van der Waals surface area contributed by atoms with E-state index in [0.29, 0.717) is 16.9 Å². The zero-order chi connectivity index (χ0) is 13.8. The lowest BCUT2D eigenvalue weighted by molar-refractivity contribution is 0.102. The summed E-state index contributed by atoms with van der Waals surface area (Å²) in [6.07, 6.45) is 1.56. The number of methoxy groups -OCH3 is 1. The molecule has 0 radical (unpaired) electrons. The lowest BCUT2D eigenvalue weighted by atomic mass is 10.2. The number of nitrogens with two attached hydrogens (primary N) is 1. The van der Waals surface area contributed by atoms with Crippen molar-refractivity contribution in [1.82, 2.24) is 4.98 Å². The van der Waals surface area contributed by atoms with Crippen molar-refractivity contribution in [2.24, 2.45) is 0 Å². The number of benzene rings is 1. The minimum atomic E-state index is -0.320. The van der Waals surface area contributed by atoms with Gasteiger partial charge < -0.3 is 15.8 Å². The summed E-state index contributed by atoms with van der Waals surface area (Å²) < 4.78 is 5.89. The Morgan fingerprint density at radius 3 is 2.89 bits per heavy atom. The highest BCUT2D eigenvalue weighted by atomic mass is 79.9. The maximum Gasteiger partial charge on any atom is 0.261 e. The molecule has 0 spiro atoms. The second-order valence-electron chi connectivity index (χ2n) is 3.75. The van der Waals surface area contributed by atoms with Gasteiger partial charge in [0, 0.05) is 10.7 Å². The summed E-state index contributed by atoms with van der Waals surface area (Å²) in [6.45, 7) is 0. The Morgan fingerprint density at radius 1 is 1.42 bits per heavy atom. The molecule has 0 aliphatic rings. The molecule has 0 aliphatic carbocycles. The van der Waals surface area contributed by atoms with Crippen LogP contribution in [0.4, 0.5) is 11.4 Å². The molecule has 2 rings (SSSR count). The highest BCUT2D eigenvalue weighted by Crippen LogP contribution is 2.24. The van der Waals surface area contributed by atoms with E-state index in [4.69, 9.17) is 10.5 Å². The van der Waals surface area contributed by atoms with Gasteiger partial charge in [-0.05, 0) is 30.3 Å². The Bertz CT molecular complexity index is 617. The Kier molecular flexibility index (Phi) is 4.01. The van der Waals surface area contributed by atoms with Gasteiger partial charge in [-0.25, -0.2) is 4.98 Å². The van der Waals surface area contributed by atoms with Crippen molar-refractivity contribution >= 4 is 33.2 Å². The summed E-state index contributed by atoms with van der Waals surface area (Å²) in [5, 5.41) is 2.72. The molecular weight excluding hydrogens is 310 g/mol. The smallest absolute Gasteiger partial charge is 0.261 e. The van der Waals surface area contributed by atoms with Crippen LogP contribution in [-0.2, 0) is 0 Å². The summed E-state index contributed by atoms with van der Waals surface area (Å²) in [4.78, 5) is 16.1. The lowest BCUT2D eigenvalue weighted by Crippen LogP contribution is -2.14. The first-order valence-corrected chi connectivity index (χ1v) is 6.26. The van der Waals surface area contributed by atoms with Gasteiger partial charge in [-0.1, -0.05) is 15.9 Å². The number of nitrogens with zero attached hydrogens (tertiary/aromatic N) is 1. The van der Waals surface area contributed by atoms with E-state index >= 15 is 0 Å². The summed E-state index contributed by atoms with van der Waals surface area (Å²) >= 11 is 3.31.